The number of hydrogen-bond donors (Lipinski definition) is 0. The molecule has 0 fully saturated rings. The molecule has 0 amide bonds. The van der Waals surface area contributed by atoms with Crippen molar-refractivity contribution in [2.75, 3.05) is 0 Å². The molecule has 2 rings (SSSR count). The maximum Gasteiger partial charge on any atom is 0.285 e. The molecular formula is C8H9N3O2. The monoisotopic (exact) mass is 179 g/mol. The van der Waals surface area contributed by atoms with E-state index in [0.717, 1.165) is 5.69 Å². The topological polar surface area (TPSA) is 65.0 Å². The Labute approximate surface area is 74.8 Å². The van der Waals surface area contributed by atoms with Crippen molar-refractivity contribution in [1.82, 2.24) is 15.2 Å². The van der Waals surface area contributed by atoms with E-state index >= 15 is 0 Å². The summed E-state index contributed by atoms with van der Waals surface area (Å²) in [5.41, 5.74) is 0.765. The lowest BCUT2D eigenvalue weighted by Crippen LogP contribution is -1.78. The molecule has 0 aliphatic rings. The highest BCUT2D eigenvalue weighted by atomic mass is 16.4. The number of rotatable bonds is 1. The van der Waals surface area contributed by atoms with E-state index in [0.29, 0.717) is 23.4 Å². The van der Waals surface area contributed by atoms with Crippen molar-refractivity contribution >= 4 is 0 Å². The molecule has 0 atom stereocenters. The van der Waals surface area contributed by atoms with Crippen molar-refractivity contribution in [3.8, 4) is 11.7 Å². The van der Waals surface area contributed by atoms with Crippen LogP contribution in [-0.4, -0.2) is 15.2 Å². The Morgan fingerprint density at radius 3 is 2.15 bits per heavy atom. The highest BCUT2D eigenvalue weighted by Gasteiger charge is 2.14. The van der Waals surface area contributed by atoms with Crippen molar-refractivity contribution in [3.05, 3.63) is 17.5 Å². The van der Waals surface area contributed by atoms with Gasteiger partial charge in [-0.2, -0.15) is 0 Å². The van der Waals surface area contributed by atoms with Gasteiger partial charge in [0.2, 0.25) is 11.7 Å². The zero-order valence-electron chi connectivity index (χ0n) is 7.66. The molecule has 13 heavy (non-hydrogen) atoms. The standard InChI is InChI=1S/C8H9N3O2/c1-4-7(12-5(2)9-4)8-11-10-6(3)13-8/h1-3H3. The van der Waals surface area contributed by atoms with Gasteiger partial charge >= 0.3 is 0 Å². The van der Waals surface area contributed by atoms with Crippen LogP contribution < -0.4 is 0 Å². The molecule has 0 aromatic carbocycles. The second-order valence-corrected chi connectivity index (χ2v) is 2.77. The van der Waals surface area contributed by atoms with Crippen LogP contribution in [0.1, 0.15) is 17.5 Å². The molecule has 0 N–H and O–H groups in total. The van der Waals surface area contributed by atoms with Gasteiger partial charge in [-0.25, -0.2) is 4.98 Å². The summed E-state index contributed by atoms with van der Waals surface area (Å²) in [5.74, 6) is 2.06. The van der Waals surface area contributed by atoms with Gasteiger partial charge in [-0.05, 0) is 6.92 Å². The number of hydrogen-bond acceptors (Lipinski definition) is 5. The fourth-order valence-corrected chi connectivity index (χ4v) is 1.12. The first-order valence-corrected chi connectivity index (χ1v) is 3.91. The van der Waals surface area contributed by atoms with Crippen LogP contribution >= 0.6 is 0 Å². The SMILES string of the molecule is Cc1nnc(-c2oc(C)nc2C)o1. The highest BCUT2D eigenvalue weighted by molar-refractivity contribution is 5.46. The molecule has 2 aromatic heterocycles. The Balaban J connectivity index is 2.51. The summed E-state index contributed by atoms with van der Waals surface area (Å²) in [6, 6.07) is 0. The number of oxazole rings is 1. The van der Waals surface area contributed by atoms with Crippen molar-refractivity contribution in [2.45, 2.75) is 20.8 Å². The normalized spacial score (nSPS) is 10.7. The molecule has 2 aromatic rings. The molecule has 5 nitrogen and oxygen atoms in total. The molecule has 0 unspecified atom stereocenters. The molecule has 2 heterocycles. The average molecular weight is 179 g/mol. The van der Waals surface area contributed by atoms with Gasteiger partial charge in [-0.15, -0.1) is 10.2 Å². The minimum atomic E-state index is 0.385. The van der Waals surface area contributed by atoms with Crippen LogP contribution in [-0.2, 0) is 0 Å². The molecule has 0 saturated carbocycles. The lowest BCUT2D eigenvalue weighted by molar-refractivity contribution is 0.481. The Morgan fingerprint density at radius 2 is 1.69 bits per heavy atom. The van der Waals surface area contributed by atoms with E-state index in [1.54, 1.807) is 13.8 Å². The molecule has 0 saturated heterocycles. The predicted molar refractivity (Wildman–Crippen MR) is 44.0 cm³/mol. The maximum absolute atomic E-state index is 5.31. The Hall–Kier alpha value is -1.65. The zero-order valence-corrected chi connectivity index (χ0v) is 7.66. The van der Waals surface area contributed by atoms with E-state index in [4.69, 9.17) is 8.83 Å². The molecule has 68 valence electrons. The van der Waals surface area contributed by atoms with Gasteiger partial charge in [0.25, 0.3) is 5.89 Å². The lowest BCUT2D eigenvalue weighted by Gasteiger charge is -1.86. The Morgan fingerprint density at radius 1 is 0.923 bits per heavy atom. The van der Waals surface area contributed by atoms with E-state index in [1.807, 2.05) is 6.92 Å². The molecule has 0 radical (unpaired) electrons. The molecule has 0 bridgehead atoms. The van der Waals surface area contributed by atoms with E-state index in [2.05, 4.69) is 15.2 Å². The van der Waals surface area contributed by atoms with E-state index in [9.17, 15) is 0 Å². The smallest absolute Gasteiger partial charge is 0.285 e. The zero-order chi connectivity index (χ0) is 9.42. The van der Waals surface area contributed by atoms with Gasteiger partial charge < -0.3 is 8.83 Å². The molecule has 0 spiro atoms. The van der Waals surface area contributed by atoms with Crippen LogP contribution in [0.4, 0.5) is 0 Å². The van der Waals surface area contributed by atoms with Gasteiger partial charge in [-0.3, -0.25) is 0 Å². The second kappa shape index (κ2) is 2.69. The van der Waals surface area contributed by atoms with Crippen molar-refractivity contribution in [3.63, 3.8) is 0 Å². The summed E-state index contributed by atoms with van der Waals surface area (Å²) in [6.45, 7) is 5.35. The maximum atomic E-state index is 5.31. The lowest BCUT2D eigenvalue weighted by atomic mass is 10.4. The van der Waals surface area contributed by atoms with Crippen LogP contribution in [0.2, 0.25) is 0 Å². The van der Waals surface area contributed by atoms with Crippen LogP contribution in [0.5, 0.6) is 0 Å². The van der Waals surface area contributed by atoms with Crippen LogP contribution in [0.25, 0.3) is 11.7 Å². The van der Waals surface area contributed by atoms with Crippen molar-refractivity contribution in [2.24, 2.45) is 0 Å². The molecule has 0 aliphatic heterocycles. The fourth-order valence-electron chi connectivity index (χ4n) is 1.12. The van der Waals surface area contributed by atoms with Gasteiger partial charge in [0, 0.05) is 13.8 Å². The van der Waals surface area contributed by atoms with Gasteiger partial charge in [0.1, 0.15) is 0 Å². The quantitative estimate of drug-likeness (QED) is 0.665. The van der Waals surface area contributed by atoms with Crippen LogP contribution in [0.3, 0.4) is 0 Å². The summed E-state index contributed by atoms with van der Waals surface area (Å²) >= 11 is 0. The van der Waals surface area contributed by atoms with Crippen molar-refractivity contribution in [1.29, 1.82) is 0 Å². The summed E-state index contributed by atoms with van der Waals surface area (Å²) in [4.78, 5) is 4.10. The van der Waals surface area contributed by atoms with E-state index < -0.39 is 0 Å². The Kier molecular flexibility index (Phi) is 1.65. The number of nitrogens with zero attached hydrogens (tertiary/aromatic N) is 3. The molecule has 5 heteroatoms. The first kappa shape index (κ1) is 7.97. The summed E-state index contributed by atoms with van der Waals surface area (Å²) in [7, 11) is 0. The minimum Gasteiger partial charge on any atom is -0.436 e. The first-order valence-electron chi connectivity index (χ1n) is 3.91. The number of aromatic nitrogens is 3. The predicted octanol–water partition coefficient (Wildman–Crippen LogP) is 1.65. The van der Waals surface area contributed by atoms with Gasteiger partial charge in [-0.1, -0.05) is 0 Å². The third-order valence-corrected chi connectivity index (χ3v) is 1.62. The summed E-state index contributed by atoms with van der Waals surface area (Å²) in [5, 5.41) is 7.55. The highest BCUT2D eigenvalue weighted by Crippen LogP contribution is 2.22. The van der Waals surface area contributed by atoms with Crippen molar-refractivity contribution < 1.29 is 8.83 Å². The number of aryl methyl sites for hydroxylation is 3. The Bertz CT molecular complexity index is 430. The molecular weight excluding hydrogens is 170 g/mol. The first-order chi connectivity index (χ1) is 6.16. The average Bonchev–Trinajstić information content (AvgIpc) is 2.58. The van der Waals surface area contributed by atoms with Crippen LogP contribution in [0, 0.1) is 20.8 Å². The van der Waals surface area contributed by atoms with E-state index in [1.165, 1.54) is 0 Å². The van der Waals surface area contributed by atoms with Gasteiger partial charge in [0.15, 0.2) is 5.89 Å². The molecule has 0 aliphatic carbocycles. The minimum absolute atomic E-state index is 0.385. The van der Waals surface area contributed by atoms with E-state index in [-0.39, 0.29) is 0 Å². The largest absolute Gasteiger partial charge is 0.436 e. The second-order valence-electron chi connectivity index (χ2n) is 2.77. The third kappa shape index (κ3) is 1.32. The summed E-state index contributed by atoms with van der Waals surface area (Å²) in [6.07, 6.45) is 0. The third-order valence-electron chi connectivity index (χ3n) is 1.62. The summed E-state index contributed by atoms with van der Waals surface area (Å²) < 4.78 is 10.5. The fraction of sp³-hybridized carbons (Fsp3) is 0.375. The van der Waals surface area contributed by atoms with Gasteiger partial charge in [0.05, 0.1) is 5.69 Å². The van der Waals surface area contributed by atoms with Crippen LogP contribution in [0.15, 0.2) is 8.83 Å².